The van der Waals surface area contributed by atoms with Crippen LogP contribution in [0.15, 0.2) is 35.4 Å². The molecule has 0 N–H and O–H groups in total. The Morgan fingerprint density at radius 2 is 2.18 bits per heavy atom. The molecule has 1 saturated heterocycles. The standard InChI is InChI=1S/C16H20N4O2/c1-12-6-7-14(15(21)18(12)2)16(22)19-9-3-5-13(11-19)20-10-4-8-17-20/h4,6-8,10,13H,3,5,9,11H2,1-2H3/t13-/m0/s1. The fourth-order valence-corrected chi connectivity index (χ4v) is 2.91. The van der Waals surface area contributed by atoms with Crippen molar-refractivity contribution in [2.24, 2.45) is 7.05 Å². The highest BCUT2D eigenvalue weighted by atomic mass is 16.2. The quantitative estimate of drug-likeness (QED) is 0.841. The monoisotopic (exact) mass is 300 g/mol. The zero-order chi connectivity index (χ0) is 15.7. The Kier molecular flexibility index (Phi) is 3.83. The molecule has 1 amide bonds. The zero-order valence-electron chi connectivity index (χ0n) is 12.9. The maximum absolute atomic E-state index is 12.7. The molecule has 22 heavy (non-hydrogen) atoms. The molecule has 0 aliphatic carbocycles. The number of carbonyl (C=O) groups excluding carboxylic acids is 1. The van der Waals surface area contributed by atoms with Crippen LogP contribution in [0.5, 0.6) is 0 Å². The first-order valence-electron chi connectivity index (χ1n) is 7.53. The highest BCUT2D eigenvalue weighted by Crippen LogP contribution is 2.21. The van der Waals surface area contributed by atoms with Crippen LogP contribution in [0, 0.1) is 6.92 Å². The second-order valence-electron chi connectivity index (χ2n) is 5.79. The highest BCUT2D eigenvalue weighted by molar-refractivity contribution is 5.94. The number of amides is 1. The molecule has 1 aliphatic rings. The maximum atomic E-state index is 12.7. The molecule has 1 fully saturated rings. The van der Waals surface area contributed by atoms with Gasteiger partial charge in [0, 0.05) is 38.2 Å². The van der Waals surface area contributed by atoms with E-state index in [9.17, 15) is 9.59 Å². The average molecular weight is 300 g/mol. The van der Waals surface area contributed by atoms with Gasteiger partial charge < -0.3 is 9.47 Å². The van der Waals surface area contributed by atoms with Crippen LogP contribution in [-0.2, 0) is 7.05 Å². The number of aromatic nitrogens is 3. The van der Waals surface area contributed by atoms with E-state index in [4.69, 9.17) is 0 Å². The van der Waals surface area contributed by atoms with E-state index in [0.29, 0.717) is 13.1 Å². The highest BCUT2D eigenvalue weighted by Gasteiger charge is 2.27. The van der Waals surface area contributed by atoms with Crippen LogP contribution in [-0.4, -0.2) is 38.2 Å². The Bertz CT molecular complexity index is 733. The molecule has 0 spiro atoms. The van der Waals surface area contributed by atoms with Crippen LogP contribution in [0.25, 0.3) is 0 Å². The lowest BCUT2D eigenvalue weighted by Crippen LogP contribution is -2.43. The van der Waals surface area contributed by atoms with Crippen molar-refractivity contribution in [3.8, 4) is 0 Å². The maximum Gasteiger partial charge on any atom is 0.263 e. The van der Waals surface area contributed by atoms with Crippen LogP contribution < -0.4 is 5.56 Å². The van der Waals surface area contributed by atoms with E-state index in [2.05, 4.69) is 5.10 Å². The number of pyridine rings is 1. The molecule has 0 aromatic carbocycles. The SMILES string of the molecule is Cc1ccc(C(=O)N2CCC[C@H](n3cccn3)C2)c(=O)n1C. The molecule has 0 bridgehead atoms. The second kappa shape index (κ2) is 5.79. The molecule has 0 radical (unpaired) electrons. The number of hydrogen-bond donors (Lipinski definition) is 0. The van der Waals surface area contributed by atoms with Gasteiger partial charge in [-0.05, 0) is 38.0 Å². The number of aryl methyl sites for hydroxylation is 1. The predicted molar refractivity (Wildman–Crippen MR) is 82.8 cm³/mol. The minimum absolute atomic E-state index is 0.182. The van der Waals surface area contributed by atoms with E-state index in [-0.39, 0.29) is 23.1 Å². The molecule has 1 atom stereocenters. The van der Waals surface area contributed by atoms with E-state index < -0.39 is 0 Å². The summed E-state index contributed by atoms with van der Waals surface area (Å²) in [6, 6.07) is 5.51. The van der Waals surface area contributed by atoms with Gasteiger partial charge in [-0.2, -0.15) is 5.10 Å². The van der Waals surface area contributed by atoms with Crippen molar-refractivity contribution in [1.29, 1.82) is 0 Å². The molecule has 6 nitrogen and oxygen atoms in total. The van der Waals surface area contributed by atoms with Gasteiger partial charge in [-0.15, -0.1) is 0 Å². The van der Waals surface area contributed by atoms with Crippen LogP contribution >= 0.6 is 0 Å². The summed E-state index contributed by atoms with van der Waals surface area (Å²) >= 11 is 0. The average Bonchev–Trinajstić information content (AvgIpc) is 3.07. The number of hydrogen-bond acceptors (Lipinski definition) is 3. The third-order valence-corrected chi connectivity index (χ3v) is 4.37. The minimum Gasteiger partial charge on any atom is -0.336 e. The number of likely N-dealkylation sites (tertiary alicyclic amines) is 1. The molecule has 3 heterocycles. The van der Waals surface area contributed by atoms with Crippen molar-refractivity contribution in [2.75, 3.05) is 13.1 Å². The third-order valence-electron chi connectivity index (χ3n) is 4.37. The minimum atomic E-state index is -0.230. The smallest absolute Gasteiger partial charge is 0.263 e. The van der Waals surface area contributed by atoms with Gasteiger partial charge in [0.25, 0.3) is 11.5 Å². The number of nitrogens with zero attached hydrogens (tertiary/aromatic N) is 4. The summed E-state index contributed by atoms with van der Waals surface area (Å²) in [4.78, 5) is 26.7. The summed E-state index contributed by atoms with van der Waals surface area (Å²) in [5, 5.41) is 4.26. The second-order valence-corrected chi connectivity index (χ2v) is 5.79. The van der Waals surface area contributed by atoms with Crippen molar-refractivity contribution < 1.29 is 4.79 Å². The summed E-state index contributed by atoms with van der Waals surface area (Å²) in [5.74, 6) is -0.183. The predicted octanol–water partition coefficient (Wildman–Crippen LogP) is 1.37. The summed E-state index contributed by atoms with van der Waals surface area (Å²) in [7, 11) is 1.69. The summed E-state index contributed by atoms with van der Waals surface area (Å²) in [6.45, 7) is 3.13. The van der Waals surface area contributed by atoms with Gasteiger partial charge in [0.15, 0.2) is 0 Å². The first-order chi connectivity index (χ1) is 10.6. The molecule has 0 unspecified atom stereocenters. The number of piperidine rings is 1. The molecule has 116 valence electrons. The zero-order valence-corrected chi connectivity index (χ0v) is 12.9. The summed E-state index contributed by atoms with van der Waals surface area (Å²) in [5.41, 5.74) is 0.857. The topological polar surface area (TPSA) is 60.1 Å². The Labute approximate surface area is 129 Å². The fourth-order valence-electron chi connectivity index (χ4n) is 2.91. The molecular formula is C16H20N4O2. The van der Waals surface area contributed by atoms with Crippen LogP contribution in [0.2, 0.25) is 0 Å². The fraction of sp³-hybridized carbons (Fsp3) is 0.438. The lowest BCUT2D eigenvalue weighted by atomic mass is 10.0. The van der Waals surface area contributed by atoms with E-state index in [1.54, 1.807) is 24.2 Å². The van der Waals surface area contributed by atoms with Gasteiger partial charge in [0.1, 0.15) is 5.56 Å². The Morgan fingerprint density at radius 1 is 1.36 bits per heavy atom. The molecule has 1 aliphatic heterocycles. The van der Waals surface area contributed by atoms with Gasteiger partial charge in [0.05, 0.1) is 6.04 Å². The largest absolute Gasteiger partial charge is 0.336 e. The van der Waals surface area contributed by atoms with Gasteiger partial charge in [-0.25, -0.2) is 0 Å². The summed E-state index contributed by atoms with van der Waals surface area (Å²) < 4.78 is 3.41. The van der Waals surface area contributed by atoms with E-state index >= 15 is 0 Å². The van der Waals surface area contributed by atoms with E-state index in [0.717, 1.165) is 18.5 Å². The van der Waals surface area contributed by atoms with Gasteiger partial charge in [0.2, 0.25) is 0 Å². The van der Waals surface area contributed by atoms with Crippen molar-refractivity contribution >= 4 is 5.91 Å². The van der Waals surface area contributed by atoms with Crippen LogP contribution in [0.3, 0.4) is 0 Å². The molecular weight excluding hydrogens is 280 g/mol. The molecule has 0 saturated carbocycles. The summed E-state index contributed by atoms with van der Waals surface area (Å²) in [6.07, 6.45) is 5.58. The Hall–Kier alpha value is -2.37. The molecule has 3 rings (SSSR count). The van der Waals surface area contributed by atoms with Crippen LogP contribution in [0.4, 0.5) is 0 Å². The van der Waals surface area contributed by atoms with Crippen molar-refractivity contribution in [2.45, 2.75) is 25.8 Å². The van der Waals surface area contributed by atoms with Crippen LogP contribution in [0.1, 0.15) is 34.9 Å². The first kappa shape index (κ1) is 14.6. The molecule has 2 aromatic heterocycles. The van der Waals surface area contributed by atoms with Crippen molar-refractivity contribution in [1.82, 2.24) is 19.2 Å². The first-order valence-corrected chi connectivity index (χ1v) is 7.53. The van der Waals surface area contributed by atoms with Crippen molar-refractivity contribution in [3.63, 3.8) is 0 Å². The van der Waals surface area contributed by atoms with Crippen molar-refractivity contribution in [3.05, 3.63) is 52.2 Å². The third kappa shape index (κ3) is 2.56. The van der Waals surface area contributed by atoms with Gasteiger partial charge in [-0.3, -0.25) is 14.3 Å². The van der Waals surface area contributed by atoms with Gasteiger partial charge >= 0.3 is 0 Å². The molecule has 2 aromatic rings. The van der Waals surface area contributed by atoms with E-state index in [1.165, 1.54) is 4.57 Å². The molecule has 6 heteroatoms. The lowest BCUT2D eigenvalue weighted by molar-refractivity contribution is 0.0670. The Morgan fingerprint density at radius 3 is 2.91 bits per heavy atom. The van der Waals surface area contributed by atoms with Gasteiger partial charge in [-0.1, -0.05) is 0 Å². The normalized spacial score (nSPS) is 18.5. The lowest BCUT2D eigenvalue weighted by Gasteiger charge is -2.32. The Balaban J connectivity index is 1.83. The number of rotatable bonds is 2. The van der Waals surface area contributed by atoms with E-state index in [1.807, 2.05) is 29.9 Å². The number of carbonyl (C=O) groups is 1.